The number of hydrogen-bond acceptors (Lipinski definition) is 4. The molecular weight excluding hydrogens is 270 g/mol. The van der Waals surface area contributed by atoms with Gasteiger partial charge in [-0.05, 0) is 40.8 Å². The lowest BCUT2D eigenvalue weighted by atomic mass is 9.82. The third kappa shape index (κ3) is 2.47. The van der Waals surface area contributed by atoms with Gasteiger partial charge in [0.1, 0.15) is 5.82 Å². The summed E-state index contributed by atoms with van der Waals surface area (Å²) in [5.74, 6) is 1.47. The highest BCUT2D eigenvalue weighted by Gasteiger charge is 2.28. The summed E-state index contributed by atoms with van der Waals surface area (Å²) in [4.78, 5) is 6.40. The molecule has 88 valence electrons. The van der Waals surface area contributed by atoms with E-state index in [2.05, 4.69) is 25.8 Å². The Kier molecular flexibility index (Phi) is 3.35. The van der Waals surface area contributed by atoms with Crippen LogP contribution < -0.4 is 10.6 Å². The summed E-state index contributed by atoms with van der Waals surface area (Å²) < 4.78 is 0.912. The third-order valence-corrected chi connectivity index (χ3v) is 3.53. The van der Waals surface area contributed by atoms with Crippen molar-refractivity contribution in [2.24, 2.45) is 5.92 Å². The fourth-order valence-corrected chi connectivity index (χ4v) is 2.72. The van der Waals surface area contributed by atoms with E-state index in [1.54, 1.807) is 6.20 Å². The highest BCUT2D eigenvalue weighted by molar-refractivity contribution is 9.10. The average molecular weight is 286 g/mol. The minimum Gasteiger partial charge on any atom is -0.397 e. The van der Waals surface area contributed by atoms with E-state index in [1.165, 1.54) is 0 Å². The highest BCUT2D eigenvalue weighted by Crippen LogP contribution is 2.31. The van der Waals surface area contributed by atoms with E-state index < -0.39 is 0 Å². The van der Waals surface area contributed by atoms with Crippen LogP contribution in [0.5, 0.6) is 0 Å². The highest BCUT2D eigenvalue weighted by atomic mass is 79.9. The molecule has 0 bridgehead atoms. The molecule has 1 aromatic rings. The Morgan fingerprint density at radius 1 is 1.62 bits per heavy atom. The zero-order chi connectivity index (χ0) is 11.7. The molecule has 0 aliphatic heterocycles. The number of anilines is 2. The maximum atomic E-state index is 9.23. The molecule has 0 spiro atoms. The molecule has 1 saturated carbocycles. The summed E-state index contributed by atoms with van der Waals surface area (Å²) in [7, 11) is 2.01. The van der Waals surface area contributed by atoms with Crippen LogP contribution in [0.3, 0.4) is 0 Å². The number of halogens is 1. The summed E-state index contributed by atoms with van der Waals surface area (Å²) in [6.45, 7) is 0.923. The molecule has 0 radical (unpaired) electrons. The van der Waals surface area contributed by atoms with Gasteiger partial charge in [0.15, 0.2) is 0 Å². The monoisotopic (exact) mass is 285 g/mol. The quantitative estimate of drug-likeness (QED) is 0.886. The molecule has 16 heavy (non-hydrogen) atoms. The molecule has 1 heterocycles. The Bertz CT molecular complexity index is 379. The van der Waals surface area contributed by atoms with E-state index in [0.717, 1.165) is 29.7 Å². The van der Waals surface area contributed by atoms with E-state index in [1.807, 2.05) is 13.1 Å². The van der Waals surface area contributed by atoms with Gasteiger partial charge >= 0.3 is 0 Å². The maximum absolute atomic E-state index is 9.23. The van der Waals surface area contributed by atoms with E-state index in [0.29, 0.717) is 11.6 Å². The van der Waals surface area contributed by atoms with Crippen LogP contribution in [-0.4, -0.2) is 29.8 Å². The van der Waals surface area contributed by atoms with Crippen LogP contribution in [0.1, 0.15) is 12.8 Å². The summed E-state index contributed by atoms with van der Waals surface area (Å²) in [6.07, 6.45) is 3.36. The summed E-state index contributed by atoms with van der Waals surface area (Å²) in [5, 5.41) is 9.23. The Morgan fingerprint density at radius 2 is 2.31 bits per heavy atom. The molecule has 1 aromatic heterocycles. The standard InChI is InChI=1S/C11H16BrN3O/c1-15(6-7-2-9(16)3-7)11-10(12)4-8(13)5-14-11/h4-5,7,9,16H,2-3,6,13H2,1H3. The molecule has 1 aliphatic carbocycles. The number of aromatic nitrogens is 1. The van der Waals surface area contributed by atoms with Crippen LogP contribution in [0.2, 0.25) is 0 Å². The molecule has 0 saturated heterocycles. The Balaban J connectivity index is 2.00. The zero-order valence-corrected chi connectivity index (χ0v) is 10.8. The van der Waals surface area contributed by atoms with Crippen LogP contribution in [-0.2, 0) is 0 Å². The van der Waals surface area contributed by atoms with Crippen molar-refractivity contribution < 1.29 is 5.11 Å². The van der Waals surface area contributed by atoms with E-state index in [9.17, 15) is 5.11 Å². The molecule has 5 heteroatoms. The van der Waals surface area contributed by atoms with Gasteiger partial charge in [0.05, 0.1) is 22.5 Å². The first-order valence-electron chi connectivity index (χ1n) is 5.36. The lowest BCUT2D eigenvalue weighted by molar-refractivity contribution is 0.0464. The number of rotatable bonds is 3. The number of aliphatic hydroxyl groups is 1. The fourth-order valence-electron chi connectivity index (χ4n) is 2.05. The van der Waals surface area contributed by atoms with Gasteiger partial charge in [-0.25, -0.2) is 4.98 Å². The molecule has 0 aromatic carbocycles. The number of aliphatic hydroxyl groups excluding tert-OH is 1. The minimum absolute atomic E-state index is 0.0961. The van der Waals surface area contributed by atoms with Crippen molar-refractivity contribution in [2.45, 2.75) is 18.9 Å². The SMILES string of the molecule is CN(CC1CC(O)C1)c1ncc(N)cc1Br. The lowest BCUT2D eigenvalue weighted by Crippen LogP contribution is -2.37. The Hall–Kier alpha value is -0.810. The summed E-state index contributed by atoms with van der Waals surface area (Å²) >= 11 is 3.46. The molecule has 2 rings (SSSR count). The molecular formula is C11H16BrN3O. The van der Waals surface area contributed by atoms with E-state index in [4.69, 9.17) is 5.73 Å². The molecule has 1 fully saturated rings. The number of pyridine rings is 1. The van der Waals surface area contributed by atoms with Crippen LogP contribution in [0.15, 0.2) is 16.7 Å². The molecule has 3 N–H and O–H groups in total. The first kappa shape index (κ1) is 11.7. The molecule has 0 amide bonds. The van der Waals surface area contributed by atoms with Crippen molar-refractivity contribution in [3.63, 3.8) is 0 Å². The number of nitrogens with two attached hydrogens (primary N) is 1. The van der Waals surface area contributed by atoms with Crippen molar-refractivity contribution in [2.75, 3.05) is 24.2 Å². The number of nitrogens with zero attached hydrogens (tertiary/aromatic N) is 2. The van der Waals surface area contributed by atoms with Crippen LogP contribution in [0, 0.1) is 5.92 Å². The van der Waals surface area contributed by atoms with Gasteiger partial charge in [-0.1, -0.05) is 0 Å². The van der Waals surface area contributed by atoms with Crippen LogP contribution >= 0.6 is 15.9 Å². The zero-order valence-electron chi connectivity index (χ0n) is 9.23. The minimum atomic E-state index is -0.0961. The second kappa shape index (κ2) is 4.59. The Morgan fingerprint density at radius 3 is 2.88 bits per heavy atom. The predicted octanol–water partition coefficient (Wildman–Crippen LogP) is 1.63. The van der Waals surface area contributed by atoms with Crippen molar-refractivity contribution in [1.82, 2.24) is 4.98 Å². The van der Waals surface area contributed by atoms with Gasteiger partial charge in [0.25, 0.3) is 0 Å². The first-order chi connectivity index (χ1) is 7.56. The maximum Gasteiger partial charge on any atom is 0.142 e. The summed E-state index contributed by atoms with van der Waals surface area (Å²) in [6, 6.07) is 1.86. The second-order valence-electron chi connectivity index (χ2n) is 4.45. The summed E-state index contributed by atoms with van der Waals surface area (Å²) in [5.41, 5.74) is 6.30. The van der Waals surface area contributed by atoms with Gasteiger partial charge in [-0.3, -0.25) is 0 Å². The van der Waals surface area contributed by atoms with Crippen molar-refractivity contribution in [3.05, 3.63) is 16.7 Å². The van der Waals surface area contributed by atoms with Gasteiger partial charge in [-0.2, -0.15) is 0 Å². The van der Waals surface area contributed by atoms with E-state index >= 15 is 0 Å². The largest absolute Gasteiger partial charge is 0.397 e. The normalized spacial score (nSPS) is 23.9. The molecule has 4 nitrogen and oxygen atoms in total. The Labute approximate surface area is 104 Å². The molecule has 0 atom stereocenters. The van der Waals surface area contributed by atoms with Gasteiger partial charge in [0, 0.05) is 13.6 Å². The second-order valence-corrected chi connectivity index (χ2v) is 5.30. The van der Waals surface area contributed by atoms with Crippen molar-refractivity contribution in [3.8, 4) is 0 Å². The third-order valence-electron chi connectivity index (χ3n) is 2.95. The fraction of sp³-hybridized carbons (Fsp3) is 0.545. The molecule has 1 aliphatic rings. The number of nitrogen functional groups attached to an aromatic ring is 1. The van der Waals surface area contributed by atoms with Crippen molar-refractivity contribution >= 4 is 27.4 Å². The van der Waals surface area contributed by atoms with Gasteiger partial charge in [-0.15, -0.1) is 0 Å². The first-order valence-corrected chi connectivity index (χ1v) is 6.15. The van der Waals surface area contributed by atoms with Crippen molar-refractivity contribution in [1.29, 1.82) is 0 Å². The van der Waals surface area contributed by atoms with Crippen LogP contribution in [0.4, 0.5) is 11.5 Å². The topological polar surface area (TPSA) is 62.4 Å². The van der Waals surface area contributed by atoms with Crippen LogP contribution in [0.25, 0.3) is 0 Å². The number of hydrogen-bond donors (Lipinski definition) is 2. The smallest absolute Gasteiger partial charge is 0.142 e. The van der Waals surface area contributed by atoms with Gasteiger partial charge in [0.2, 0.25) is 0 Å². The lowest BCUT2D eigenvalue weighted by Gasteiger charge is -2.35. The average Bonchev–Trinajstić information content (AvgIpc) is 2.15. The van der Waals surface area contributed by atoms with E-state index in [-0.39, 0.29) is 6.10 Å². The van der Waals surface area contributed by atoms with Gasteiger partial charge < -0.3 is 15.7 Å². The predicted molar refractivity (Wildman–Crippen MR) is 68.4 cm³/mol. The molecule has 0 unspecified atom stereocenters.